The minimum atomic E-state index is -3.70. The number of ether oxygens (including phenoxy) is 1. The maximum atomic E-state index is 13.0. The van der Waals surface area contributed by atoms with Crippen molar-refractivity contribution >= 4 is 39.0 Å². The summed E-state index contributed by atoms with van der Waals surface area (Å²) in [5, 5.41) is 5.49. The second-order valence-electron chi connectivity index (χ2n) is 6.78. The van der Waals surface area contributed by atoms with Gasteiger partial charge in [-0.1, -0.05) is 32.0 Å². The number of carbonyl (C=O) groups excluding carboxylic acids is 1. The fourth-order valence-electron chi connectivity index (χ4n) is 2.98. The van der Waals surface area contributed by atoms with Crippen LogP contribution in [0.2, 0.25) is 0 Å². The van der Waals surface area contributed by atoms with Crippen LogP contribution in [0.4, 0.5) is 5.69 Å². The molecule has 0 fully saturated rings. The third-order valence-electron chi connectivity index (χ3n) is 4.57. The summed E-state index contributed by atoms with van der Waals surface area (Å²) in [6.07, 6.45) is 2.96. The van der Waals surface area contributed by atoms with Crippen molar-refractivity contribution in [3.05, 3.63) is 70.7 Å². The first kappa shape index (κ1) is 23.6. The normalized spacial score (nSPS) is 11.8. The predicted molar refractivity (Wildman–Crippen MR) is 128 cm³/mol. The molecule has 0 atom stereocenters. The molecule has 0 radical (unpaired) electrons. The Morgan fingerprint density at radius 2 is 1.88 bits per heavy atom. The van der Waals surface area contributed by atoms with Crippen molar-refractivity contribution < 1.29 is 17.9 Å². The van der Waals surface area contributed by atoms with Gasteiger partial charge in [-0.25, -0.2) is 13.4 Å². The van der Waals surface area contributed by atoms with E-state index in [4.69, 9.17) is 4.74 Å². The molecular formula is C23H25N3O4S2. The molecule has 0 aliphatic heterocycles. The number of thiazole rings is 1. The zero-order valence-electron chi connectivity index (χ0n) is 18.1. The number of nitrogens with one attached hydrogen (secondary N) is 1. The molecule has 0 saturated heterocycles. The van der Waals surface area contributed by atoms with Crippen molar-refractivity contribution in [1.29, 1.82) is 0 Å². The highest BCUT2D eigenvalue weighted by atomic mass is 32.2. The number of carbonyl (C=O) groups is 1. The van der Waals surface area contributed by atoms with Crippen molar-refractivity contribution in [3.63, 3.8) is 0 Å². The number of aromatic nitrogens is 1. The van der Waals surface area contributed by atoms with E-state index < -0.39 is 15.9 Å². The third kappa shape index (κ3) is 5.82. The van der Waals surface area contributed by atoms with Gasteiger partial charge >= 0.3 is 0 Å². The zero-order chi connectivity index (χ0) is 23.1. The average molecular weight is 472 g/mol. The lowest BCUT2D eigenvalue weighted by molar-refractivity contribution is -0.111. The summed E-state index contributed by atoms with van der Waals surface area (Å²) in [5.41, 5.74) is 0.937. The molecule has 0 aliphatic carbocycles. The Labute approximate surface area is 192 Å². The molecule has 0 saturated carbocycles. The number of anilines is 1. The number of sulfonamides is 1. The SMILES string of the molecule is CCN(CC)S(=O)(=O)c1ccc(Oc2ccccc2)c(NC(=O)/C=C/c2csc(C)n2)c1. The third-order valence-corrected chi connectivity index (χ3v) is 7.40. The van der Waals surface area contributed by atoms with Gasteiger partial charge in [-0.15, -0.1) is 11.3 Å². The Kier molecular flexibility index (Phi) is 7.79. The Bertz CT molecular complexity index is 1200. The van der Waals surface area contributed by atoms with Crippen LogP contribution in [0.3, 0.4) is 0 Å². The van der Waals surface area contributed by atoms with Crippen LogP contribution >= 0.6 is 11.3 Å². The molecule has 0 aliphatic rings. The van der Waals surface area contributed by atoms with E-state index >= 15 is 0 Å². The van der Waals surface area contributed by atoms with E-state index in [1.165, 1.54) is 33.9 Å². The number of hydrogen-bond acceptors (Lipinski definition) is 6. The number of aryl methyl sites for hydroxylation is 1. The zero-order valence-corrected chi connectivity index (χ0v) is 19.7. The van der Waals surface area contributed by atoms with Crippen molar-refractivity contribution in [3.8, 4) is 11.5 Å². The molecular weight excluding hydrogens is 446 g/mol. The molecule has 2 aromatic carbocycles. The van der Waals surface area contributed by atoms with Crippen LogP contribution in [0.25, 0.3) is 6.08 Å². The van der Waals surface area contributed by atoms with Crippen LogP contribution in [-0.2, 0) is 14.8 Å². The minimum Gasteiger partial charge on any atom is -0.455 e. The fraction of sp³-hybridized carbons (Fsp3) is 0.217. The molecule has 1 heterocycles. The van der Waals surface area contributed by atoms with Gasteiger partial charge in [-0.3, -0.25) is 4.79 Å². The first-order valence-corrected chi connectivity index (χ1v) is 12.4. The van der Waals surface area contributed by atoms with Gasteiger partial charge in [0, 0.05) is 24.5 Å². The van der Waals surface area contributed by atoms with E-state index in [1.807, 2.05) is 30.5 Å². The minimum absolute atomic E-state index is 0.0796. The van der Waals surface area contributed by atoms with E-state index in [2.05, 4.69) is 10.3 Å². The molecule has 168 valence electrons. The Balaban J connectivity index is 1.93. The quantitative estimate of drug-likeness (QED) is 0.447. The lowest BCUT2D eigenvalue weighted by Gasteiger charge is -2.20. The van der Waals surface area contributed by atoms with Gasteiger partial charge in [0.1, 0.15) is 5.75 Å². The highest BCUT2D eigenvalue weighted by molar-refractivity contribution is 7.89. The van der Waals surface area contributed by atoms with Crippen molar-refractivity contribution in [2.45, 2.75) is 25.7 Å². The summed E-state index contributed by atoms with van der Waals surface area (Å²) >= 11 is 1.49. The molecule has 9 heteroatoms. The smallest absolute Gasteiger partial charge is 0.248 e. The van der Waals surface area contributed by atoms with Crippen LogP contribution < -0.4 is 10.1 Å². The second-order valence-corrected chi connectivity index (χ2v) is 9.78. The topological polar surface area (TPSA) is 88.6 Å². The van der Waals surface area contributed by atoms with Crippen LogP contribution in [0.5, 0.6) is 11.5 Å². The lowest BCUT2D eigenvalue weighted by Crippen LogP contribution is -2.30. The monoisotopic (exact) mass is 471 g/mol. The van der Waals surface area contributed by atoms with E-state index in [1.54, 1.807) is 38.1 Å². The molecule has 32 heavy (non-hydrogen) atoms. The van der Waals surface area contributed by atoms with Crippen LogP contribution in [0, 0.1) is 6.92 Å². The average Bonchev–Trinajstić information content (AvgIpc) is 3.20. The van der Waals surface area contributed by atoms with E-state index in [0.717, 1.165) is 5.01 Å². The van der Waals surface area contributed by atoms with E-state index in [0.29, 0.717) is 30.3 Å². The maximum Gasteiger partial charge on any atom is 0.248 e. The maximum absolute atomic E-state index is 13.0. The summed E-state index contributed by atoms with van der Waals surface area (Å²) < 4.78 is 33.2. The molecule has 1 amide bonds. The number of para-hydroxylation sites is 1. The number of rotatable bonds is 9. The summed E-state index contributed by atoms with van der Waals surface area (Å²) in [6, 6.07) is 13.5. The van der Waals surface area contributed by atoms with Gasteiger partial charge in [0.2, 0.25) is 15.9 Å². The van der Waals surface area contributed by atoms with Crippen molar-refractivity contribution in [2.75, 3.05) is 18.4 Å². The van der Waals surface area contributed by atoms with Crippen molar-refractivity contribution in [1.82, 2.24) is 9.29 Å². The van der Waals surface area contributed by atoms with Gasteiger partial charge in [0.25, 0.3) is 0 Å². The van der Waals surface area contributed by atoms with Gasteiger partial charge in [0.15, 0.2) is 5.75 Å². The summed E-state index contributed by atoms with van der Waals surface area (Å²) in [7, 11) is -3.70. The number of hydrogen-bond donors (Lipinski definition) is 1. The standard InChI is InChI=1S/C23H25N3O4S2/c1-4-26(5-2)32(28,29)20-12-13-22(30-19-9-7-6-8-10-19)21(15-20)25-23(27)14-11-18-16-31-17(3)24-18/h6-16H,4-5H2,1-3H3,(H,25,27)/b14-11+. The van der Waals surface area contributed by atoms with Crippen LogP contribution in [0.1, 0.15) is 24.5 Å². The molecule has 3 aromatic rings. The molecule has 3 rings (SSSR count). The first-order valence-electron chi connectivity index (χ1n) is 10.1. The molecule has 0 bridgehead atoms. The fourth-order valence-corrected chi connectivity index (χ4v) is 5.04. The Morgan fingerprint density at radius 3 is 2.50 bits per heavy atom. The van der Waals surface area contributed by atoms with Gasteiger partial charge in [-0.2, -0.15) is 4.31 Å². The largest absolute Gasteiger partial charge is 0.455 e. The molecule has 1 N–H and O–H groups in total. The van der Waals surface area contributed by atoms with Gasteiger partial charge in [0.05, 0.1) is 21.3 Å². The van der Waals surface area contributed by atoms with E-state index in [9.17, 15) is 13.2 Å². The highest BCUT2D eigenvalue weighted by Crippen LogP contribution is 2.32. The lowest BCUT2D eigenvalue weighted by atomic mass is 10.2. The molecule has 7 nitrogen and oxygen atoms in total. The van der Waals surface area contributed by atoms with Crippen LogP contribution in [0.15, 0.2) is 64.9 Å². The van der Waals surface area contributed by atoms with Crippen LogP contribution in [-0.4, -0.2) is 36.7 Å². The number of nitrogens with zero attached hydrogens (tertiary/aromatic N) is 2. The summed E-state index contributed by atoms with van der Waals surface area (Å²) in [6.45, 7) is 6.14. The Hall–Kier alpha value is -3.01. The molecule has 0 spiro atoms. The van der Waals surface area contributed by atoms with Gasteiger partial charge < -0.3 is 10.1 Å². The summed E-state index contributed by atoms with van der Waals surface area (Å²) in [4.78, 5) is 16.9. The Morgan fingerprint density at radius 1 is 1.16 bits per heavy atom. The predicted octanol–water partition coefficient (Wildman–Crippen LogP) is 4.93. The van der Waals surface area contributed by atoms with E-state index in [-0.39, 0.29) is 10.6 Å². The number of benzene rings is 2. The number of amides is 1. The van der Waals surface area contributed by atoms with Gasteiger partial charge in [-0.05, 0) is 43.3 Å². The molecule has 0 unspecified atom stereocenters. The second kappa shape index (κ2) is 10.5. The summed E-state index contributed by atoms with van der Waals surface area (Å²) in [5.74, 6) is 0.475. The first-order chi connectivity index (χ1) is 15.3. The van der Waals surface area contributed by atoms with Crippen molar-refractivity contribution in [2.24, 2.45) is 0 Å². The molecule has 1 aromatic heterocycles. The highest BCUT2D eigenvalue weighted by Gasteiger charge is 2.23.